The van der Waals surface area contributed by atoms with Gasteiger partial charge in [-0.25, -0.2) is 0 Å². The van der Waals surface area contributed by atoms with Gasteiger partial charge in [0.05, 0.1) is 0 Å². The summed E-state index contributed by atoms with van der Waals surface area (Å²) in [6.07, 6.45) is 9.90. The van der Waals surface area contributed by atoms with Crippen molar-refractivity contribution in [3.63, 3.8) is 0 Å². The molecule has 0 aromatic heterocycles. The van der Waals surface area contributed by atoms with Gasteiger partial charge in [0.1, 0.15) is 0 Å². The van der Waals surface area contributed by atoms with E-state index >= 15 is 0 Å². The van der Waals surface area contributed by atoms with Gasteiger partial charge in [-0.15, -0.1) is 0 Å². The smallest absolute Gasteiger partial charge is 0.193 e. The van der Waals surface area contributed by atoms with Crippen LogP contribution in [-0.2, 0) is 0 Å². The number of likely N-dealkylation sites (tertiary alicyclic amines) is 2. The average molecular weight is 292 g/mol. The minimum absolute atomic E-state index is 0.615. The summed E-state index contributed by atoms with van der Waals surface area (Å²) in [5.41, 5.74) is 0.615. The normalized spacial score (nSPS) is 30.3. The lowest BCUT2D eigenvalue weighted by atomic mass is 9.73. The van der Waals surface area contributed by atoms with Crippen molar-refractivity contribution in [2.24, 2.45) is 16.3 Å². The fourth-order valence-electron chi connectivity index (χ4n) is 4.59. The van der Waals surface area contributed by atoms with E-state index in [1.807, 2.05) is 7.05 Å². The standard InChI is InChI=1S/C17H32N4/c1-18-16(19-12-15-6-10-20(2)13-15)21-11-9-17(14-21)7-4-3-5-8-17/h15H,3-14H2,1-2H3,(H,18,19). The number of aliphatic imine (C=N–C) groups is 1. The van der Waals surface area contributed by atoms with Crippen LogP contribution in [0, 0.1) is 11.3 Å². The van der Waals surface area contributed by atoms with Gasteiger partial charge in [-0.05, 0) is 50.6 Å². The van der Waals surface area contributed by atoms with E-state index in [2.05, 4.69) is 27.2 Å². The van der Waals surface area contributed by atoms with E-state index in [4.69, 9.17) is 0 Å². The molecule has 21 heavy (non-hydrogen) atoms. The maximum Gasteiger partial charge on any atom is 0.193 e. The van der Waals surface area contributed by atoms with Gasteiger partial charge in [0.25, 0.3) is 0 Å². The molecular weight excluding hydrogens is 260 g/mol. The minimum Gasteiger partial charge on any atom is -0.356 e. The number of hydrogen-bond acceptors (Lipinski definition) is 2. The van der Waals surface area contributed by atoms with E-state index in [9.17, 15) is 0 Å². The zero-order chi connectivity index (χ0) is 14.7. The Labute approximate surface area is 130 Å². The van der Waals surface area contributed by atoms with E-state index in [0.29, 0.717) is 5.41 Å². The zero-order valence-corrected chi connectivity index (χ0v) is 13.9. The van der Waals surface area contributed by atoms with Crippen LogP contribution >= 0.6 is 0 Å². The SMILES string of the molecule is CN=C(NCC1CCN(C)C1)N1CCC2(CCCCC2)C1. The number of nitrogens with one attached hydrogen (secondary N) is 1. The first kappa shape index (κ1) is 15.1. The van der Waals surface area contributed by atoms with Crippen molar-refractivity contribution in [1.29, 1.82) is 0 Å². The van der Waals surface area contributed by atoms with Crippen LogP contribution in [0.3, 0.4) is 0 Å². The molecule has 0 amide bonds. The molecule has 4 heteroatoms. The van der Waals surface area contributed by atoms with E-state index in [-0.39, 0.29) is 0 Å². The maximum absolute atomic E-state index is 4.55. The summed E-state index contributed by atoms with van der Waals surface area (Å²) in [5.74, 6) is 1.94. The predicted octanol–water partition coefficient (Wildman–Crippen LogP) is 2.17. The summed E-state index contributed by atoms with van der Waals surface area (Å²) in [6.45, 7) is 5.99. The van der Waals surface area contributed by atoms with Crippen LogP contribution in [0.2, 0.25) is 0 Å². The Kier molecular flexibility index (Phi) is 4.72. The molecule has 3 fully saturated rings. The van der Waals surface area contributed by atoms with Gasteiger partial charge >= 0.3 is 0 Å². The highest BCUT2D eigenvalue weighted by atomic mass is 15.3. The van der Waals surface area contributed by atoms with Gasteiger partial charge in [-0.3, -0.25) is 4.99 Å². The quantitative estimate of drug-likeness (QED) is 0.625. The number of guanidine groups is 1. The van der Waals surface area contributed by atoms with E-state index in [1.54, 1.807) is 0 Å². The second kappa shape index (κ2) is 6.55. The Balaban J connectivity index is 1.50. The zero-order valence-electron chi connectivity index (χ0n) is 13.9. The highest BCUT2D eigenvalue weighted by Gasteiger charge is 2.39. The molecule has 2 saturated heterocycles. The molecule has 0 aromatic rings. The first-order chi connectivity index (χ1) is 10.2. The van der Waals surface area contributed by atoms with Gasteiger partial charge in [-0.2, -0.15) is 0 Å². The summed E-state index contributed by atoms with van der Waals surface area (Å²) in [4.78, 5) is 9.50. The molecule has 3 aliphatic rings. The van der Waals surface area contributed by atoms with Gasteiger partial charge in [0, 0.05) is 33.2 Å². The predicted molar refractivity (Wildman–Crippen MR) is 88.7 cm³/mol. The fraction of sp³-hybridized carbons (Fsp3) is 0.941. The lowest BCUT2D eigenvalue weighted by Gasteiger charge is -2.33. The van der Waals surface area contributed by atoms with Crippen molar-refractivity contribution in [3.8, 4) is 0 Å². The van der Waals surface area contributed by atoms with Crippen LogP contribution in [0.25, 0.3) is 0 Å². The molecule has 3 rings (SSSR count). The molecule has 120 valence electrons. The van der Waals surface area contributed by atoms with Gasteiger partial charge in [0.15, 0.2) is 5.96 Å². The molecule has 0 aromatic carbocycles. The second-order valence-electron chi connectivity index (χ2n) is 7.58. The lowest BCUT2D eigenvalue weighted by molar-refractivity contribution is 0.203. The average Bonchev–Trinajstić information content (AvgIpc) is 3.08. The highest BCUT2D eigenvalue weighted by molar-refractivity contribution is 5.80. The minimum atomic E-state index is 0.615. The first-order valence-electron chi connectivity index (χ1n) is 8.85. The Morgan fingerprint density at radius 2 is 2.00 bits per heavy atom. The molecule has 1 saturated carbocycles. The van der Waals surface area contributed by atoms with Gasteiger partial charge in [0.2, 0.25) is 0 Å². The van der Waals surface area contributed by atoms with E-state index in [1.165, 1.54) is 71.1 Å². The third-order valence-electron chi connectivity index (χ3n) is 5.90. The van der Waals surface area contributed by atoms with Crippen LogP contribution in [-0.4, -0.2) is 62.6 Å². The molecule has 2 aliphatic heterocycles. The van der Waals surface area contributed by atoms with Crippen molar-refractivity contribution in [2.75, 3.05) is 46.8 Å². The molecule has 4 nitrogen and oxygen atoms in total. The Bertz CT molecular complexity index is 373. The molecule has 0 radical (unpaired) electrons. The lowest BCUT2D eigenvalue weighted by Crippen LogP contribution is -2.43. The molecule has 1 N–H and O–H groups in total. The summed E-state index contributed by atoms with van der Waals surface area (Å²) >= 11 is 0. The topological polar surface area (TPSA) is 30.9 Å². The first-order valence-corrected chi connectivity index (χ1v) is 8.85. The van der Waals surface area contributed by atoms with E-state index in [0.717, 1.165) is 18.4 Å². The maximum atomic E-state index is 4.55. The highest BCUT2D eigenvalue weighted by Crippen LogP contribution is 2.43. The summed E-state index contributed by atoms with van der Waals surface area (Å²) in [5, 5.41) is 3.65. The molecule has 2 heterocycles. The number of nitrogens with zero attached hydrogens (tertiary/aromatic N) is 3. The van der Waals surface area contributed by atoms with Crippen molar-refractivity contribution in [1.82, 2.24) is 15.1 Å². The second-order valence-corrected chi connectivity index (χ2v) is 7.58. The molecule has 1 atom stereocenters. The monoisotopic (exact) mass is 292 g/mol. The number of rotatable bonds is 2. The van der Waals surface area contributed by atoms with Crippen molar-refractivity contribution in [2.45, 2.75) is 44.9 Å². The molecule has 1 spiro atoms. The van der Waals surface area contributed by atoms with Crippen LogP contribution < -0.4 is 5.32 Å². The van der Waals surface area contributed by atoms with Gasteiger partial charge < -0.3 is 15.1 Å². The molecule has 1 unspecified atom stereocenters. The van der Waals surface area contributed by atoms with Crippen LogP contribution in [0.1, 0.15) is 44.9 Å². The molecule has 0 bridgehead atoms. The van der Waals surface area contributed by atoms with Crippen LogP contribution in [0.5, 0.6) is 0 Å². The Morgan fingerprint density at radius 3 is 2.67 bits per heavy atom. The molecule has 1 aliphatic carbocycles. The van der Waals surface area contributed by atoms with E-state index < -0.39 is 0 Å². The van der Waals surface area contributed by atoms with Crippen LogP contribution in [0.4, 0.5) is 0 Å². The van der Waals surface area contributed by atoms with Crippen molar-refractivity contribution >= 4 is 5.96 Å². The van der Waals surface area contributed by atoms with Crippen molar-refractivity contribution in [3.05, 3.63) is 0 Å². The van der Waals surface area contributed by atoms with Crippen molar-refractivity contribution < 1.29 is 0 Å². The largest absolute Gasteiger partial charge is 0.356 e. The van der Waals surface area contributed by atoms with Crippen LogP contribution in [0.15, 0.2) is 4.99 Å². The summed E-state index contributed by atoms with van der Waals surface area (Å²) in [6, 6.07) is 0. The third-order valence-corrected chi connectivity index (χ3v) is 5.90. The summed E-state index contributed by atoms with van der Waals surface area (Å²) < 4.78 is 0. The summed E-state index contributed by atoms with van der Waals surface area (Å²) in [7, 11) is 4.16. The molecular formula is C17H32N4. The fourth-order valence-corrected chi connectivity index (χ4v) is 4.59. The third kappa shape index (κ3) is 3.53. The Hall–Kier alpha value is -0.770. The Morgan fingerprint density at radius 1 is 1.19 bits per heavy atom. The number of hydrogen-bond donors (Lipinski definition) is 1. The van der Waals surface area contributed by atoms with Gasteiger partial charge in [-0.1, -0.05) is 19.3 Å².